The molecule has 0 aliphatic carbocycles. The number of hydrogen-bond donors (Lipinski definition) is 12. The first-order chi connectivity index (χ1) is 59.8. The predicted octanol–water partition coefficient (Wildman–Crippen LogP) is 18.4. The maximum absolute atomic E-state index is 14.6. The van der Waals surface area contributed by atoms with Crippen LogP contribution in [0, 0.1) is 54.0 Å². The van der Waals surface area contributed by atoms with Gasteiger partial charge in [0.15, 0.2) is 0 Å². The van der Waals surface area contributed by atoms with E-state index in [1.165, 1.54) is 71.0 Å². The number of halogens is 7. The number of aromatic nitrogens is 4. The molecular formula is C91H83Cl5F2N20O8. The molecule has 644 valence electrons. The van der Waals surface area contributed by atoms with Crippen molar-refractivity contribution in [2.45, 2.75) is 20.8 Å². The van der Waals surface area contributed by atoms with E-state index < -0.39 is 53.0 Å². The largest absolute Gasteiger partial charge is 0.363 e. The zero-order valence-corrected chi connectivity index (χ0v) is 73.2. The van der Waals surface area contributed by atoms with Crippen LogP contribution in [0.25, 0.3) is 0 Å². The lowest BCUT2D eigenvalue weighted by molar-refractivity contribution is 0.100. The third-order valence-corrected chi connectivity index (χ3v) is 19.1. The average Bonchev–Trinajstić information content (AvgIpc) is 0.819. The van der Waals surface area contributed by atoms with Gasteiger partial charge in [0.2, 0.25) is 0 Å². The number of amides is 8. The van der Waals surface area contributed by atoms with E-state index in [-0.39, 0.29) is 67.5 Å². The zero-order valence-electron chi connectivity index (χ0n) is 69.4. The molecule has 12 rings (SSSR count). The van der Waals surface area contributed by atoms with Crippen LogP contribution in [0.3, 0.4) is 0 Å². The minimum absolute atomic E-state index is 0.115. The Hall–Kier alpha value is -14.7. The van der Waals surface area contributed by atoms with E-state index in [4.69, 9.17) is 79.6 Å². The first-order valence-corrected chi connectivity index (χ1v) is 39.6. The van der Waals surface area contributed by atoms with Gasteiger partial charge in [0.1, 0.15) is 58.2 Å². The van der Waals surface area contributed by atoms with E-state index in [1.54, 1.807) is 232 Å². The first-order valence-electron chi connectivity index (χ1n) is 37.7. The summed E-state index contributed by atoms with van der Waals surface area (Å²) >= 11 is 29.7. The number of para-hydroxylation sites is 1. The Morgan fingerprint density at radius 3 is 0.905 bits per heavy atom. The van der Waals surface area contributed by atoms with Gasteiger partial charge >= 0.3 is 0 Å². The third-order valence-electron chi connectivity index (χ3n) is 18.0. The van der Waals surface area contributed by atoms with E-state index in [0.29, 0.717) is 99.7 Å². The molecule has 0 spiro atoms. The highest BCUT2D eigenvalue weighted by molar-refractivity contribution is 6.35. The Bertz CT molecular complexity index is 6130. The number of anilines is 8. The molecule has 0 fully saturated rings. The Balaban J connectivity index is 0.000000190. The van der Waals surface area contributed by atoms with E-state index in [2.05, 4.69) is 62.5 Å². The molecule has 0 aliphatic rings. The van der Waals surface area contributed by atoms with E-state index in [1.807, 2.05) is 13.0 Å². The summed E-state index contributed by atoms with van der Waals surface area (Å²) in [5.41, 5.74) is 6.77. The van der Waals surface area contributed by atoms with Gasteiger partial charge in [-0.3, -0.25) is 60.0 Å². The number of hydrogen-bond acceptors (Lipinski definition) is 16. The highest BCUT2D eigenvalue weighted by Crippen LogP contribution is 2.31. The van der Waals surface area contributed by atoms with Crippen molar-refractivity contribution in [1.29, 1.82) is 21.6 Å². The first kappa shape index (κ1) is 95.2. The smallest absolute Gasteiger partial charge is 0.258 e. The van der Waals surface area contributed by atoms with Crippen molar-refractivity contribution in [3.05, 3.63) is 351 Å². The fourth-order valence-electron chi connectivity index (χ4n) is 11.3. The van der Waals surface area contributed by atoms with Crippen molar-refractivity contribution in [2.75, 3.05) is 98.9 Å². The third kappa shape index (κ3) is 26.4. The SMILES string of the molecule is CN(C)C(=N)c1ccc(C(=O)Nc2ccccc2C(=O)Nc2ccc(Cl)cn2)c(F)c1.Cc1cc(Cl)c(NC(=O)c2ccc(C(=N)N(C)C)cc2)c(C(=O)Nc2ccc(Cl)cn2)c1.Cc1ccc(NC(=O)c2ccc(C(=N)N(C)C)cc2)c(C(=O)Nc2ccc(Cl)cn2)c1.Cc1ccc(NC(=O)c2ccc(C(=N)N(C)C)cc2F)c(C(=O)Nc2ccc(Cl)cn2)c1. The number of nitrogens with zero attached hydrogens (tertiary/aromatic N) is 8. The van der Waals surface area contributed by atoms with Crippen LogP contribution in [0.2, 0.25) is 25.1 Å². The molecule has 28 nitrogen and oxygen atoms in total. The molecule has 0 atom stereocenters. The Labute approximate surface area is 749 Å². The molecule has 0 aliphatic heterocycles. The molecule has 4 aromatic heterocycles. The minimum atomic E-state index is -0.770. The van der Waals surface area contributed by atoms with Gasteiger partial charge in [0, 0.05) is 115 Å². The van der Waals surface area contributed by atoms with Crippen molar-refractivity contribution >= 4 is 175 Å². The van der Waals surface area contributed by atoms with E-state index >= 15 is 0 Å². The Morgan fingerprint density at radius 2 is 0.563 bits per heavy atom. The topological polar surface area (TPSA) is 393 Å². The van der Waals surface area contributed by atoms with Gasteiger partial charge in [0.05, 0.1) is 81.2 Å². The lowest BCUT2D eigenvalue weighted by Crippen LogP contribution is -2.23. The van der Waals surface area contributed by atoms with Crippen LogP contribution in [-0.2, 0) is 0 Å². The normalized spacial score (nSPS) is 10.4. The maximum atomic E-state index is 14.6. The van der Waals surface area contributed by atoms with Crippen LogP contribution in [-0.4, -0.2) is 167 Å². The van der Waals surface area contributed by atoms with Gasteiger partial charge in [-0.25, -0.2) is 28.7 Å². The van der Waals surface area contributed by atoms with Crippen molar-refractivity contribution < 1.29 is 47.1 Å². The summed E-state index contributed by atoms with van der Waals surface area (Å²) in [6.45, 7) is 5.47. The van der Waals surface area contributed by atoms with Crippen LogP contribution >= 0.6 is 58.0 Å². The average molecular weight is 1800 g/mol. The summed E-state index contributed by atoms with van der Waals surface area (Å²) < 4.78 is 29.1. The molecule has 12 N–H and O–H groups in total. The molecule has 0 radical (unpaired) electrons. The molecule has 8 amide bonds. The summed E-state index contributed by atoms with van der Waals surface area (Å²) in [5.74, 6) is -3.47. The summed E-state index contributed by atoms with van der Waals surface area (Å²) in [4.78, 5) is 125. The number of pyridine rings is 4. The van der Waals surface area contributed by atoms with Crippen LogP contribution < -0.4 is 42.5 Å². The molecular weight excluding hydrogens is 1720 g/mol. The minimum Gasteiger partial charge on any atom is -0.363 e. The second-order valence-corrected chi connectivity index (χ2v) is 30.6. The predicted molar refractivity (Wildman–Crippen MR) is 493 cm³/mol. The van der Waals surface area contributed by atoms with E-state index in [0.717, 1.165) is 28.8 Å². The second kappa shape index (κ2) is 43.9. The van der Waals surface area contributed by atoms with Gasteiger partial charge in [-0.15, -0.1) is 0 Å². The molecule has 12 aromatic rings. The van der Waals surface area contributed by atoms with Crippen molar-refractivity contribution in [3.63, 3.8) is 0 Å². The van der Waals surface area contributed by atoms with Gasteiger partial charge in [-0.1, -0.05) is 130 Å². The number of rotatable bonds is 20. The quantitative estimate of drug-likeness (QED) is 0.0249. The van der Waals surface area contributed by atoms with Crippen LogP contribution in [0.1, 0.15) is 122 Å². The van der Waals surface area contributed by atoms with Gasteiger partial charge < -0.3 is 62.1 Å². The summed E-state index contributed by atoms with van der Waals surface area (Å²) in [6, 6.07) is 53.6. The fourth-order valence-corrected chi connectivity index (χ4v) is 12.1. The van der Waals surface area contributed by atoms with E-state index in [9.17, 15) is 47.1 Å². The van der Waals surface area contributed by atoms with Gasteiger partial charge in [-0.05, 0) is 172 Å². The van der Waals surface area contributed by atoms with Crippen molar-refractivity contribution in [2.24, 2.45) is 0 Å². The second-order valence-electron chi connectivity index (χ2n) is 28.4. The molecule has 0 bridgehead atoms. The highest BCUT2D eigenvalue weighted by atomic mass is 35.5. The number of benzene rings is 8. The summed E-state index contributed by atoms with van der Waals surface area (Å²) in [7, 11) is 13.8. The van der Waals surface area contributed by atoms with Crippen molar-refractivity contribution in [3.8, 4) is 0 Å². The number of carbonyl (C=O) groups is 8. The summed E-state index contributed by atoms with van der Waals surface area (Å²) in [6.07, 6.45) is 5.66. The standard InChI is InChI=1S/C23H21Cl2N5O2.C23H21ClFN5O2.C23H22ClN5O2.C22H19ClFN5O2/c1-13-10-17(23(32)28-19-9-8-16(24)12-27-19)20(18(25)11-13)29-22(31)15-6-4-14(5-7-15)21(26)30(2)3;1-13-4-8-19(17(10-13)23(32)29-20-9-6-15(24)12-27-20)28-22(31)16-7-5-14(11-18(16)25)21(26)30(2)3;1-14-4-10-19(18(12-14)23(31)28-20-11-9-17(24)13-26-20)27-22(30)16-7-5-15(6-8-16)21(25)29(2)3;1-29(2)20(25)13-7-9-15(17(24)11-13)21(30)27-18-6-4-3-5-16(18)22(31)28-19-10-8-14(23)12-26-19/h4-12,26H,1-3H3,(H,29,31)(H,27,28,32);4-12,26H,1-3H3,(H,28,31)(H,27,29,32);4-13,25H,1-3H3,(H,27,30)(H,26,28,31);3-12,25H,1-2H3,(H,27,30)(H,26,28,31). The lowest BCUT2D eigenvalue weighted by Gasteiger charge is -2.15. The number of aryl methyl sites for hydroxylation is 3. The molecule has 35 heteroatoms. The molecule has 0 saturated heterocycles. The molecule has 126 heavy (non-hydrogen) atoms. The monoisotopic (exact) mass is 1800 g/mol. The molecule has 8 aromatic carbocycles. The lowest BCUT2D eigenvalue weighted by atomic mass is 10.1. The summed E-state index contributed by atoms with van der Waals surface area (Å²) in [5, 5.41) is 55.2. The number of nitrogens with one attached hydrogen (secondary N) is 12. The van der Waals surface area contributed by atoms with Gasteiger partial charge in [0.25, 0.3) is 47.3 Å². The van der Waals surface area contributed by atoms with Crippen molar-refractivity contribution in [1.82, 2.24) is 39.5 Å². The van der Waals surface area contributed by atoms with Crippen LogP contribution in [0.5, 0.6) is 0 Å². The fraction of sp³-hybridized carbons (Fsp3) is 0.121. The molecule has 4 heterocycles. The maximum Gasteiger partial charge on any atom is 0.258 e. The zero-order chi connectivity index (χ0) is 91.9. The van der Waals surface area contributed by atoms with Gasteiger partial charge in [-0.2, -0.15) is 0 Å². The van der Waals surface area contributed by atoms with Crippen LogP contribution in [0.4, 0.5) is 54.8 Å². The molecule has 0 unspecified atom stereocenters. The molecule has 0 saturated carbocycles. The highest BCUT2D eigenvalue weighted by Gasteiger charge is 2.25. The Kier molecular flexibility index (Phi) is 33.1. The number of carbonyl (C=O) groups excluding carboxylic acids is 8. The Morgan fingerprint density at radius 1 is 0.278 bits per heavy atom. The van der Waals surface area contributed by atoms with Crippen LogP contribution in [0.15, 0.2) is 231 Å². The number of amidine groups is 4.